The van der Waals surface area contributed by atoms with Gasteiger partial charge in [-0.1, -0.05) is 84.3 Å². The van der Waals surface area contributed by atoms with Gasteiger partial charge in [-0.3, -0.25) is 9.59 Å². The van der Waals surface area contributed by atoms with Crippen molar-refractivity contribution in [2.45, 2.75) is 155 Å². The number of ether oxygens (including phenoxy) is 3. The van der Waals surface area contributed by atoms with E-state index in [-0.39, 0.29) is 37.0 Å². The summed E-state index contributed by atoms with van der Waals surface area (Å²) in [5, 5.41) is 5.85. The van der Waals surface area contributed by atoms with Crippen molar-refractivity contribution >= 4 is 17.9 Å². The molecule has 0 spiro atoms. The van der Waals surface area contributed by atoms with Crippen LogP contribution in [0.5, 0.6) is 0 Å². The second-order valence-corrected chi connectivity index (χ2v) is 13.7. The standard InChI is InChI=1S/C35H63N3O6/c1-6-7-8-9-10-11-12-13-14-15-16-17-18-19-20-24-37-33(41)38-26-22-29(23-27-38)43-30(39)21-25-36-32(40)31-34(2,3)28-42-35(4,5)44-31/h13-14,29,31H,6-12,15-28H2,1-5H3,(H,36,40)(H,37,41). The van der Waals surface area contributed by atoms with Crippen LogP contribution in [0.1, 0.15) is 137 Å². The number of esters is 1. The van der Waals surface area contributed by atoms with Gasteiger partial charge in [-0.2, -0.15) is 0 Å². The molecule has 2 N–H and O–H groups in total. The summed E-state index contributed by atoms with van der Waals surface area (Å²) in [6, 6.07) is -0.0329. The molecule has 3 amide bonds. The van der Waals surface area contributed by atoms with Crippen molar-refractivity contribution in [1.29, 1.82) is 0 Å². The number of likely N-dealkylation sites (tertiary alicyclic amines) is 1. The first kappa shape index (κ1) is 38.1. The number of carbonyl (C=O) groups excluding carboxylic acids is 3. The van der Waals surface area contributed by atoms with E-state index in [0.717, 1.165) is 12.8 Å². The number of carbonyl (C=O) groups is 3. The molecule has 0 aromatic rings. The molecule has 254 valence electrons. The monoisotopic (exact) mass is 621 g/mol. The Bertz CT molecular complexity index is 867. The molecular formula is C35H63N3O6. The van der Waals surface area contributed by atoms with E-state index >= 15 is 0 Å². The Labute approximate surface area is 267 Å². The van der Waals surface area contributed by atoms with Gasteiger partial charge in [-0.05, 0) is 46.0 Å². The first-order valence-corrected chi connectivity index (χ1v) is 17.5. The molecule has 2 saturated heterocycles. The van der Waals surface area contributed by atoms with E-state index in [4.69, 9.17) is 14.2 Å². The number of piperidine rings is 1. The van der Waals surface area contributed by atoms with Crippen molar-refractivity contribution in [2.75, 3.05) is 32.8 Å². The Balaban J connectivity index is 1.45. The van der Waals surface area contributed by atoms with E-state index in [1.807, 2.05) is 13.8 Å². The van der Waals surface area contributed by atoms with E-state index < -0.39 is 17.3 Å². The van der Waals surface area contributed by atoms with E-state index in [0.29, 0.717) is 39.1 Å². The second kappa shape index (κ2) is 20.8. The van der Waals surface area contributed by atoms with Crippen molar-refractivity contribution in [3.05, 3.63) is 12.2 Å². The first-order valence-electron chi connectivity index (χ1n) is 17.5. The topological polar surface area (TPSA) is 106 Å². The van der Waals surface area contributed by atoms with Crippen LogP contribution in [0.2, 0.25) is 0 Å². The maximum absolute atomic E-state index is 12.7. The first-order chi connectivity index (χ1) is 21.0. The molecule has 44 heavy (non-hydrogen) atoms. The average Bonchev–Trinajstić information content (AvgIpc) is 2.98. The van der Waals surface area contributed by atoms with Gasteiger partial charge in [0.05, 0.1) is 13.0 Å². The minimum absolute atomic E-state index is 0.0329. The smallest absolute Gasteiger partial charge is 0.317 e. The lowest BCUT2D eigenvalue weighted by molar-refractivity contribution is -0.304. The Kier molecular flexibility index (Phi) is 18.0. The molecule has 0 saturated carbocycles. The molecule has 0 aromatic heterocycles. The summed E-state index contributed by atoms with van der Waals surface area (Å²) >= 11 is 0. The zero-order chi connectivity index (χ0) is 32.3. The highest BCUT2D eigenvalue weighted by molar-refractivity contribution is 5.82. The SMILES string of the molecule is CCCCCCCCC=CCCCCCCCNC(=O)N1CCC(OC(=O)CCNC(=O)C2OC(C)(C)OCC2(C)C)CC1. The zero-order valence-electron chi connectivity index (χ0n) is 28.6. The fourth-order valence-corrected chi connectivity index (χ4v) is 5.63. The van der Waals surface area contributed by atoms with Gasteiger partial charge < -0.3 is 29.7 Å². The van der Waals surface area contributed by atoms with Crippen molar-refractivity contribution in [3.63, 3.8) is 0 Å². The molecule has 1 unspecified atom stereocenters. The molecule has 0 aromatic carbocycles. The van der Waals surface area contributed by atoms with Crippen molar-refractivity contribution < 1.29 is 28.6 Å². The quantitative estimate of drug-likeness (QED) is 0.0859. The highest BCUT2D eigenvalue weighted by Crippen LogP contribution is 2.34. The summed E-state index contributed by atoms with van der Waals surface area (Å²) in [5.74, 6) is -1.42. The number of hydrogen-bond acceptors (Lipinski definition) is 6. The predicted molar refractivity (Wildman–Crippen MR) is 175 cm³/mol. The highest BCUT2D eigenvalue weighted by Gasteiger charge is 2.45. The van der Waals surface area contributed by atoms with Crippen LogP contribution < -0.4 is 10.6 Å². The number of nitrogens with one attached hydrogen (secondary N) is 2. The molecule has 9 nitrogen and oxygen atoms in total. The van der Waals surface area contributed by atoms with Crippen LogP contribution in [0.3, 0.4) is 0 Å². The van der Waals surface area contributed by atoms with Gasteiger partial charge in [0, 0.05) is 44.4 Å². The van der Waals surface area contributed by atoms with Crippen LogP contribution in [0.15, 0.2) is 12.2 Å². The number of unbranched alkanes of at least 4 members (excludes halogenated alkanes) is 11. The fraction of sp³-hybridized carbons (Fsp3) is 0.857. The number of urea groups is 1. The summed E-state index contributed by atoms with van der Waals surface area (Å²) in [6.07, 6.45) is 21.6. The van der Waals surface area contributed by atoms with E-state index in [1.54, 1.807) is 18.7 Å². The Hall–Kier alpha value is -2.13. The average molecular weight is 622 g/mol. The molecule has 2 fully saturated rings. The lowest BCUT2D eigenvalue weighted by Gasteiger charge is -2.44. The molecule has 2 rings (SSSR count). The normalized spacial score (nSPS) is 20.0. The molecule has 0 radical (unpaired) electrons. The van der Waals surface area contributed by atoms with Crippen LogP contribution in [-0.4, -0.2) is 73.6 Å². The Morgan fingerprint density at radius 3 is 2.05 bits per heavy atom. The van der Waals surface area contributed by atoms with Crippen LogP contribution in [0.4, 0.5) is 4.79 Å². The van der Waals surface area contributed by atoms with Gasteiger partial charge in [0.15, 0.2) is 5.79 Å². The number of nitrogens with zero attached hydrogens (tertiary/aromatic N) is 1. The van der Waals surface area contributed by atoms with Gasteiger partial charge in [0.25, 0.3) is 0 Å². The third-order valence-corrected chi connectivity index (χ3v) is 8.51. The summed E-state index contributed by atoms with van der Waals surface area (Å²) in [4.78, 5) is 39.4. The summed E-state index contributed by atoms with van der Waals surface area (Å²) < 4.78 is 17.1. The van der Waals surface area contributed by atoms with Crippen LogP contribution in [0.25, 0.3) is 0 Å². The van der Waals surface area contributed by atoms with E-state index in [1.165, 1.54) is 70.6 Å². The summed E-state index contributed by atoms with van der Waals surface area (Å²) in [7, 11) is 0. The number of amides is 3. The van der Waals surface area contributed by atoms with Gasteiger partial charge >= 0.3 is 12.0 Å². The zero-order valence-corrected chi connectivity index (χ0v) is 28.6. The van der Waals surface area contributed by atoms with Gasteiger partial charge in [0.1, 0.15) is 12.2 Å². The largest absolute Gasteiger partial charge is 0.462 e. The summed E-state index contributed by atoms with van der Waals surface area (Å²) in [5.41, 5.74) is -0.468. The molecule has 0 bridgehead atoms. The molecule has 2 heterocycles. The maximum atomic E-state index is 12.7. The van der Waals surface area contributed by atoms with Crippen molar-refractivity contribution in [2.24, 2.45) is 5.41 Å². The molecule has 1 atom stereocenters. The maximum Gasteiger partial charge on any atom is 0.317 e. The van der Waals surface area contributed by atoms with Gasteiger partial charge in [-0.25, -0.2) is 4.79 Å². The van der Waals surface area contributed by atoms with E-state index in [2.05, 4.69) is 29.7 Å². The molecule has 9 heteroatoms. The second-order valence-electron chi connectivity index (χ2n) is 13.7. The lowest BCUT2D eigenvalue weighted by atomic mass is 9.85. The third-order valence-electron chi connectivity index (χ3n) is 8.51. The minimum Gasteiger partial charge on any atom is -0.462 e. The van der Waals surface area contributed by atoms with Crippen LogP contribution in [-0.2, 0) is 23.8 Å². The van der Waals surface area contributed by atoms with Crippen LogP contribution >= 0.6 is 0 Å². The minimum atomic E-state index is -0.827. The van der Waals surface area contributed by atoms with Crippen LogP contribution in [0, 0.1) is 5.41 Å². The van der Waals surface area contributed by atoms with Gasteiger partial charge in [-0.15, -0.1) is 0 Å². The molecular weight excluding hydrogens is 558 g/mol. The Morgan fingerprint density at radius 1 is 0.818 bits per heavy atom. The number of hydrogen-bond donors (Lipinski definition) is 2. The van der Waals surface area contributed by atoms with Crippen molar-refractivity contribution in [3.8, 4) is 0 Å². The number of allylic oxidation sites excluding steroid dienone is 2. The lowest BCUT2D eigenvalue weighted by Crippen LogP contribution is -2.56. The van der Waals surface area contributed by atoms with Crippen molar-refractivity contribution in [1.82, 2.24) is 15.5 Å². The Morgan fingerprint density at radius 2 is 1.41 bits per heavy atom. The third kappa shape index (κ3) is 15.7. The highest BCUT2D eigenvalue weighted by atomic mass is 16.7. The molecule has 0 aliphatic carbocycles. The molecule has 2 aliphatic heterocycles. The predicted octanol–water partition coefficient (Wildman–Crippen LogP) is 7.04. The summed E-state index contributed by atoms with van der Waals surface area (Å²) in [6.45, 7) is 12.1. The van der Waals surface area contributed by atoms with Gasteiger partial charge in [0.2, 0.25) is 5.91 Å². The number of rotatable bonds is 20. The molecule has 2 aliphatic rings. The van der Waals surface area contributed by atoms with E-state index in [9.17, 15) is 14.4 Å². The fourth-order valence-electron chi connectivity index (χ4n) is 5.63.